The van der Waals surface area contributed by atoms with Gasteiger partial charge in [0, 0.05) is 26.7 Å². The number of benzene rings is 1. The van der Waals surface area contributed by atoms with Gasteiger partial charge in [-0.15, -0.1) is 0 Å². The van der Waals surface area contributed by atoms with E-state index in [0.717, 1.165) is 5.56 Å². The van der Waals surface area contributed by atoms with Crippen molar-refractivity contribution in [1.82, 2.24) is 15.1 Å². The lowest BCUT2D eigenvalue weighted by Crippen LogP contribution is -2.45. The van der Waals surface area contributed by atoms with Crippen LogP contribution < -0.4 is 5.32 Å². The van der Waals surface area contributed by atoms with Gasteiger partial charge in [0.2, 0.25) is 5.91 Å². The van der Waals surface area contributed by atoms with Gasteiger partial charge in [0.15, 0.2) is 5.96 Å². The first-order valence-corrected chi connectivity index (χ1v) is 8.51. The SMILES string of the molecule is CCNC(=NCc1ccc(F)c(Cl)c1)N(C)CC(=O)N(CC)CC. The van der Waals surface area contributed by atoms with Crippen LogP contribution in [0.5, 0.6) is 0 Å². The molecule has 0 radical (unpaired) electrons. The number of nitrogens with zero attached hydrogens (tertiary/aromatic N) is 3. The van der Waals surface area contributed by atoms with Gasteiger partial charge in [0.1, 0.15) is 5.82 Å². The summed E-state index contributed by atoms with van der Waals surface area (Å²) in [6.07, 6.45) is 0. The van der Waals surface area contributed by atoms with Gasteiger partial charge in [0.25, 0.3) is 0 Å². The molecular weight excluding hydrogens is 331 g/mol. The van der Waals surface area contributed by atoms with E-state index in [1.807, 2.05) is 27.8 Å². The van der Waals surface area contributed by atoms with Crippen molar-refractivity contribution in [1.29, 1.82) is 0 Å². The topological polar surface area (TPSA) is 47.9 Å². The van der Waals surface area contributed by atoms with Gasteiger partial charge in [-0.1, -0.05) is 17.7 Å². The number of halogens is 2. The Morgan fingerprint density at radius 3 is 2.50 bits per heavy atom. The Morgan fingerprint density at radius 1 is 1.29 bits per heavy atom. The maximum atomic E-state index is 13.2. The van der Waals surface area contributed by atoms with Crippen molar-refractivity contribution in [3.63, 3.8) is 0 Å². The van der Waals surface area contributed by atoms with Crippen LogP contribution in [0.1, 0.15) is 26.3 Å². The Labute approximate surface area is 148 Å². The molecule has 0 fully saturated rings. The predicted molar refractivity (Wildman–Crippen MR) is 96.8 cm³/mol. The molecule has 24 heavy (non-hydrogen) atoms. The lowest BCUT2D eigenvalue weighted by Gasteiger charge is -2.25. The minimum Gasteiger partial charge on any atom is -0.357 e. The highest BCUT2D eigenvalue weighted by Crippen LogP contribution is 2.16. The van der Waals surface area contributed by atoms with Crippen LogP contribution in [-0.4, -0.2) is 54.9 Å². The molecule has 7 heteroatoms. The first-order chi connectivity index (χ1) is 11.4. The van der Waals surface area contributed by atoms with Crippen LogP contribution in [0, 0.1) is 5.82 Å². The number of nitrogens with one attached hydrogen (secondary N) is 1. The summed E-state index contributed by atoms with van der Waals surface area (Å²) in [7, 11) is 1.82. The fraction of sp³-hybridized carbons (Fsp3) is 0.529. The van der Waals surface area contributed by atoms with E-state index in [1.54, 1.807) is 21.9 Å². The maximum absolute atomic E-state index is 13.2. The number of guanidine groups is 1. The second-order valence-corrected chi connectivity index (χ2v) is 5.75. The van der Waals surface area contributed by atoms with Crippen molar-refractivity contribution >= 4 is 23.5 Å². The summed E-state index contributed by atoms with van der Waals surface area (Å²) in [6, 6.07) is 4.54. The van der Waals surface area contributed by atoms with Crippen LogP contribution in [0.4, 0.5) is 4.39 Å². The summed E-state index contributed by atoms with van der Waals surface area (Å²) in [5.74, 6) is 0.231. The van der Waals surface area contributed by atoms with E-state index in [2.05, 4.69) is 10.3 Å². The minimum absolute atomic E-state index is 0.0536. The van der Waals surface area contributed by atoms with Gasteiger partial charge >= 0.3 is 0 Å². The lowest BCUT2D eigenvalue weighted by molar-refractivity contribution is -0.131. The zero-order valence-corrected chi connectivity index (χ0v) is 15.5. The van der Waals surface area contributed by atoms with E-state index in [-0.39, 0.29) is 17.5 Å². The monoisotopic (exact) mass is 356 g/mol. The smallest absolute Gasteiger partial charge is 0.242 e. The Bertz CT molecular complexity index is 576. The highest BCUT2D eigenvalue weighted by Gasteiger charge is 2.15. The fourth-order valence-corrected chi connectivity index (χ4v) is 2.43. The van der Waals surface area contributed by atoms with Crippen molar-refractivity contribution in [2.75, 3.05) is 33.2 Å². The lowest BCUT2D eigenvalue weighted by atomic mass is 10.2. The van der Waals surface area contributed by atoms with Gasteiger partial charge in [-0.3, -0.25) is 4.79 Å². The molecular formula is C17H26ClFN4O. The summed E-state index contributed by atoms with van der Waals surface area (Å²) in [6.45, 7) is 8.54. The van der Waals surface area contributed by atoms with Crippen LogP contribution >= 0.6 is 11.6 Å². The molecule has 1 aromatic carbocycles. The van der Waals surface area contributed by atoms with E-state index < -0.39 is 5.82 Å². The first kappa shape index (κ1) is 20.2. The van der Waals surface area contributed by atoms with Crippen molar-refractivity contribution in [2.45, 2.75) is 27.3 Å². The predicted octanol–water partition coefficient (Wildman–Crippen LogP) is 2.74. The first-order valence-electron chi connectivity index (χ1n) is 8.14. The number of likely N-dealkylation sites (N-methyl/N-ethyl adjacent to an activating group) is 2. The van der Waals surface area contributed by atoms with Gasteiger partial charge in [0.05, 0.1) is 18.1 Å². The molecule has 1 N–H and O–H groups in total. The molecule has 0 aliphatic carbocycles. The summed E-state index contributed by atoms with van der Waals surface area (Å²) in [4.78, 5) is 20.3. The molecule has 1 aromatic rings. The Morgan fingerprint density at radius 2 is 1.96 bits per heavy atom. The van der Waals surface area contributed by atoms with E-state index >= 15 is 0 Å². The normalized spacial score (nSPS) is 11.3. The molecule has 0 aliphatic heterocycles. The molecule has 0 saturated heterocycles. The second kappa shape index (κ2) is 10.1. The van der Waals surface area contributed by atoms with Crippen molar-refractivity contribution in [3.05, 3.63) is 34.6 Å². The third kappa shape index (κ3) is 6.00. The quantitative estimate of drug-likeness (QED) is 0.603. The molecule has 1 rings (SSSR count). The van der Waals surface area contributed by atoms with Gasteiger partial charge < -0.3 is 15.1 Å². The molecule has 1 amide bonds. The molecule has 0 spiro atoms. The number of hydrogen-bond donors (Lipinski definition) is 1. The second-order valence-electron chi connectivity index (χ2n) is 5.34. The highest BCUT2D eigenvalue weighted by atomic mass is 35.5. The highest BCUT2D eigenvalue weighted by molar-refractivity contribution is 6.30. The third-order valence-electron chi connectivity index (χ3n) is 3.58. The van der Waals surface area contributed by atoms with Crippen LogP contribution in [0.2, 0.25) is 5.02 Å². The van der Waals surface area contributed by atoms with E-state index in [1.165, 1.54) is 6.07 Å². The Balaban J connectivity index is 2.80. The summed E-state index contributed by atoms with van der Waals surface area (Å²) in [5.41, 5.74) is 0.806. The van der Waals surface area contributed by atoms with Crippen molar-refractivity contribution in [2.24, 2.45) is 4.99 Å². The molecule has 0 saturated carbocycles. The van der Waals surface area contributed by atoms with Crippen LogP contribution in [0.3, 0.4) is 0 Å². The number of hydrogen-bond acceptors (Lipinski definition) is 2. The summed E-state index contributed by atoms with van der Waals surface area (Å²) < 4.78 is 13.2. The van der Waals surface area contributed by atoms with Crippen LogP contribution in [0.15, 0.2) is 23.2 Å². The zero-order valence-electron chi connectivity index (χ0n) is 14.8. The molecule has 0 atom stereocenters. The maximum Gasteiger partial charge on any atom is 0.242 e. The van der Waals surface area contributed by atoms with Crippen LogP contribution in [0.25, 0.3) is 0 Å². The molecule has 134 valence electrons. The Hall–Kier alpha value is -1.82. The summed E-state index contributed by atoms with van der Waals surface area (Å²) >= 11 is 5.79. The van der Waals surface area contributed by atoms with Crippen molar-refractivity contribution in [3.8, 4) is 0 Å². The van der Waals surface area contributed by atoms with Gasteiger partial charge in [-0.25, -0.2) is 9.38 Å². The third-order valence-corrected chi connectivity index (χ3v) is 3.87. The molecule has 0 aromatic heterocycles. The van der Waals surface area contributed by atoms with E-state index in [9.17, 15) is 9.18 Å². The molecule has 0 bridgehead atoms. The fourth-order valence-electron chi connectivity index (χ4n) is 2.23. The average molecular weight is 357 g/mol. The number of carbonyl (C=O) groups excluding carboxylic acids is 1. The standard InChI is InChI=1S/C17H26ClFN4O/c1-5-20-17(22(4)12-16(24)23(6-2)7-3)21-11-13-8-9-15(19)14(18)10-13/h8-10H,5-7,11-12H2,1-4H3,(H,20,21). The van der Waals surface area contributed by atoms with Gasteiger partial charge in [-0.05, 0) is 38.5 Å². The number of rotatable bonds is 7. The Kier molecular flexibility index (Phi) is 8.54. The largest absolute Gasteiger partial charge is 0.357 e. The van der Waals surface area contributed by atoms with E-state index in [4.69, 9.17) is 11.6 Å². The van der Waals surface area contributed by atoms with Gasteiger partial charge in [-0.2, -0.15) is 0 Å². The van der Waals surface area contributed by atoms with Crippen molar-refractivity contribution < 1.29 is 9.18 Å². The van der Waals surface area contributed by atoms with E-state index in [0.29, 0.717) is 32.1 Å². The number of carbonyl (C=O) groups is 1. The molecule has 0 unspecified atom stereocenters. The minimum atomic E-state index is -0.446. The molecule has 0 heterocycles. The molecule has 0 aliphatic rings. The average Bonchev–Trinajstić information content (AvgIpc) is 2.55. The summed E-state index contributed by atoms with van der Waals surface area (Å²) in [5, 5.41) is 3.24. The number of amides is 1. The van der Waals surface area contributed by atoms with Crippen LogP contribution in [-0.2, 0) is 11.3 Å². The number of aliphatic imine (C=N–C) groups is 1. The molecule has 5 nitrogen and oxygen atoms in total. The zero-order chi connectivity index (χ0) is 18.1.